The Morgan fingerprint density at radius 2 is 2.12 bits per heavy atom. The van der Waals surface area contributed by atoms with Crippen LogP contribution in [0.25, 0.3) is 0 Å². The molecule has 0 aromatic carbocycles. The first-order chi connectivity index (χ1) is 8.06. The van der Waals surface area contributed by atoms with Crippen LogP contribution in [0, 0.1) is 0 Å². The van der Waals surface area contributed by atoms with Gasteiger partial charge in [0, 0.05) is 19.4 Å². The van der Waals surface area contributed by atoms with Crippen LogP contribution in [-0.4, -0.2) is 34.4 Å². The van der Waals surface area contributed by atoms with E-state index in [1.54, 1.807) is 0 Å². The first-order valence-corrected chi connectivity index (χ1v) is 8.88. The molecular weight excluding hydrogens is 355 g/mol. The van der Waals surface area contributed by atoms with Gasteiger partial charge in [-0.25, -0.2) is 0 Å². The third kappa shape index (κ3) is 4.46. The minimum Gasteiger partial charge on any atom is -0.370 e. The Balaban J connectivity index is 2.25. The number of unbranched alkanes of at least 4 members (excludes halogenated alkanes) is 2. The maximum Gasteiger partial charge on any atom is 0.243 e. The van der Waals surface area contributed by atoms with Crippen LogP contribution >= 0.6 is 30.1 Å². The van der Waals surface area contributed by atoms with E-state index in [1.165, 1.54) is 13.8 Å². The third-order valence-electron chi connectivity index (χ3n) is 2.61. The minimum atomic E-state index is -0.306. The number of likely N-dealkylation sites (tertiary alicyclic amines) is 1. The molecule has 5 nitrogen and oxygen atoms in total. The van der Waals surface area contributed by atoms with Gasteiger partial charge in [-0.15, -0.1) is 0 Å². The summed E-state index contributed by atoms with van der Waals surface area (Å²) in [7, 11) is 1.39. The molecule has 0 aromatic rings. The monoisotopic (exact) mass is 370 g/mol. The quantitative estimate of drug-likeness (QED) is 0.416. The van der Waals surface area contributed by atoms with Crippen molar-refractivity contribution < 1.29 is 14.4 Å². The molecule has 1 heterocycles. The molecule has 3 amide bonds. The minimum absolute atomic E-state index is 0.0794. The first kappa shape index (κ1) is 14.7. The van der Waals surface area contributed by atoms with Crippen molar-refractivity contribution in [1.82, 2.24) is 4.90 Å². The summed E-state index contributed by atoms with van der Waals surface area (Å²) in [6, 6.07) is 0. The molecular formula is C10H15IN2O3S. The topological polar surface area (TPSA) is 80.5 Å². The van der Waals surface area contributed by atoms with Crippen LogP contribution in [-0.2, 0) is 14.4 Å². The highest BCUT2D eigenvalue weighted by atomic mass is 127. The number of primary amides is 1. The maximum atomic E-state index is 11.7. The van der Waals surface area contributed by atoms with Crippen molar-refractivity contribution in [2.24, 2.45) is 5.73 Å². The molecule has 1 fully saturated rings. The van der Waals surface area contributed by atoms with Gasteiger partial charge in [0.05, 0.1) is 0 Å². The second kappa shape index (κ2) is 7.20. The Hall–Kier alpha value is -0.310. The highest BCUT2D eigenvalue weighted by Crippen LogP contribution is 2.29. The highest BCUT2D eigenvalue weighted by molar-refractivity contribution is 14.2. The number of nitrogens with zero attached hydrogens (tertiary/aromatic N) is 1. The summed E-state index contributed by atoms with van der Waals surface area (Å²) in [5, 5.41) is -0.214. The number of carbonyl (C=O) groups is 3. The van der Waals surface area contributed by atoms with Gasteiger partial charge in [0.25, 0.3) is 0 Å². The molecule has 7 heteroatoms. The SMILES string of the molecule is NC(=O)CCCCCN1C(=O)CC(SI)C1=O. The van der Waals surface area contributed by atoms with Gasteiger partial charge in [0.15, 0.2) is 0 Å². The summed E-state index contributed by atoms with van der Waals surface area (Å²) in [6.45, 7) is 0.462. The fraction of sp³-hybridized carbons (Fsp3) is 0.700. The third-order valence-corrected chi connectivity index (χ3v) is 5.04. The van der Waals surface area contributed by atoms with E-state index in [2.05, 4.69) is 0 Å². The summed E-state index contributed by atoms with van der Waals surface area (Å²) in [6.07, 6.45) is 2.95. The predicted molar refractivity (Wildman–Crippen MR) is 74.4 cm³/mol. The Labute approximate surface area is 116 Å². The van der Waals surface area contributed by atoms with Crippen LogP contribution in [0.4, 0.5) is 0 Å². The van der Waals surface area contributed by atoms with Crippen molar-refractivity contribution in [3.63, 3.8) is 0 Å². The number of amides is 3. The molecule has 0 aromatic heterocycles. The summed E-state index contributed by atoms with van der Waals surface area (Å²) >= 11 is 2.05. The van der Waals surface area contributed by atoms with E-state index in [4.69, 9.17) is 5.73 Å². The molecule has 0 aliphatic carbocycles. The predicted octanol–water partition coefficient (Wildman–Crippen LogP) is 1.24. The zero-order valence-electron chi connectivity index (χ0n) is 9.36. The van der Waals surface area contributed by atoms with Crippen LogP contribution in [0.2, 0.25) is 0 Å². The van der Waals surface area contributed by atoms with Crippen LogP contribution in [0.15, 0.2) is 0 Å². The smallest absolute Gasteiger partial charge is 0.243 e. The number of hydrogen-bond donors (Lipinski definition) is 1. The lowest BCUT2D eigenvalue weighted by atomic mass is 10.2. The lowest BCUT2D eigenvalue weighted by Crippen LogP contribution is -2.32. The zero-order chi connectivity index (χ0) is 12.8. The van der Waals surface area contributed by atoms with E-state index in [-0.39, 0.29) is 23.0 Å². The number of imide groups is 1. The Bertz CT molecular complexity index is 325. The zero-order valence-corrected chi connectivity index (χ0v) is 12.3. The van der Waals surface area contributed by atoms with Crippen molar-refractivity contribution in [2.75, 3.05) is 6.54 Å². The van der Waals surface area contributed by atoms with Gasteiger partial charge in [-0.05, 0) is 34.0 Å². The number of hydrogen-bond acceptors (Lipinski definition) is 4. The standard InChI is InChI=1S/C10H15IN2O3S/c11-17-7-6-9(15)13(10(7)16)5-3-1-2-4-8(12)14/h7H,1-6H2,(H2,12,14). The Morgan fingerprint density at radius 1 is 1.41 bits per heavy atom. The van der Waals surface area contributed by atoms with Gasteiger partial charge < -0.3 is 5.73 Å². The average Bonchev–Trinajstić information content (AvgIpc) is 2.54. The molecule has 96 valence electrons. The molecule has 1 saturated heterocycles. The van der Waals surface area contributed by atoms with Gasteiger partial charge in [0.2, 0.25) is 17.7 Å². The molecule has 1 rings (SSSR count). The second-order valence-corrected chi connectivity index (χ2v) is 6.22. The fourth-order valence-electron chi connectivity index (χ4n) is 1.70. The van der Waals surface area contributed by atoms with Crippen LogP contribution in [0.1, 0.15) is 32.1 Å². The molecule has 1 unspecified atom stereocenters. The highest BCUT2D eigenvalue weighted by Gasteiger charge is 2.37. The van der Waals surface area contributed by atoms with Crippen molar-refractivity contribution in [2.45, 2.75) is 37.4 Å². The molecule has 0 saturated carbocycles. The van der Waals surface area contributed by atoms with Gasteiger partial charge in [-0.1, -0.05) is 15.4 Å². The molecule has 0 spiro atoms. The lowest BCUT2D eigenvalue weighted by molar-refractivity contribution is -0.138. The lowest BCUT2D eigenvalue weighted by Gasteiger charge is -2.13. The number of rotatable bonds is 7. The largest absolute Gasteiger partial charge is 0.370 e. The van der Waals surface area contributed by atoms with E-state index in [9.17, 15) is 14.4 Å². The van der Waals surface area contributed by atoms with E-state index in [0.29, 0.717) is 19.4 Å². The van der Waals surface area contributed by atoms with E-state index < -0.39 is 0 Å². The first-order valence-electron chi connectivity index (χ1n) is 5.46. The molecule has 1 atom stereocenters. The van der Waals surface area contributed by atoms with E-state index >= 15 is 0 Å². The summed E-state index contributed by atoms with van der Waals surface area (Å²) < 4.78 is 0. The van der Waals surface area contributed by atoms with Crippen molar-refractivity contribution in [1.29, 1.82) is 0 Å². The van der Waals surface area contributed by atoms with Crippen molar-refractivity contribution in [3.8, 4) is 0 Å². The normalized spacial score (nSPS) is 20.1. The maximum absolute atomic E-state index is 11.7. The molecule has 0 bridgehead atoms. The molecule has 2 N–H and O–H groups in total. The molecule has 17 heavy (non-hydrogen) atoms. The van der Waals surface area contributed by atoms with Gasteiger partial charge in [0.1, 0.15) is 5.25 Å². The van der Waals surface area contributed by atoms with Crippen LogP contribution < -0.4 is 5.73 Å². The number of halogens is 1. The van der Waals surface area contributed by atoms with Crippen LogP contribution in [0.5, 0.6) is 0 Å². The van der Waals surface area contributed by atoms with E-state index in [0.717, 1.165) is 19.3 Å². The summed E-state index contributed by atoms with van der Waals surface area (Å²) in [4.78, 5) is 35.1. The molecule has 0 radical (unpaired) electrons. The average molecular weight is 370 g/mol. The fourth-order valence-corrected chi connectivity index (χ4v) is 3.30. The number of carbonyl (C=O) groups excluding carboxylic acids is 3. The Kier molecular flexibility index (Phi) is 6.24. The van der Waals surface area contributed by atoms with Crippen molar-refractivity contribution >= 4 is 47.9 Å². The van der Waals surface area contributed by atoms with Gasteiger partial charge in [-0.2, -0.15) is 0 Å². The second-order valence-electron chi connectivity index (χ2n) is 3.94. The van der Waals surface area contributed by atoms with Crippen LogP contribution in [0.3, 0.4) is 0 Å². The number of nitrogens with two attached hydrogens (primary N) is 1. The summed E-state index contributed by atoms with van der Waals surface area (Å²) in [5.41, 5.74) is 5.02. The summed E-state index contributed by atoms with van der Waals surface area (Å²) in [5.74, 6) is -0.469. The molecule has 1 aliphatic heterocycles. The van der Waals surface area contributed by atoms with Gasteiger partial charge >= 0.3 is 0 Å². The molecule has 1 aliphatic rings. The Morgan fingerprint density at radius 3 is 2.65 bits per heavy atom. The van der Waals surface area contributed by atoms with Gasteiger partial charge in [-0.3, -0.25) is 19.3 Å². The van der Waals surface area contributed by atoms with Crippen molar-refractivity contribution in [3.05, 3.63) is 0 Å². The van der Waals surface area contributed by atoms with E-state index in [1.807, 2.05) is 21.2 Å².